The molecule has 0 fully saturated rings. The topological polar surface area (TPSA) is 51.6 Å². The molecule has 0 N–H and O–H groups in total. The summed E-state index contributed by atoms with van der Waals surface area (Å²) in [4.78, 5) is 18.9. The van der Waals surface area contributed by atoms with Gasteiger partial charge in [-0.25, -0.2) is 15.0 Å². The van der Waals surface area contributed by atoms with Crippen molar-refractivity contribution in [1.82, 2.24) is 19.9 Å². The highest BCUT2D eigenvalue weighted by molar-refractivity contribution is 6.30. The minimum Gasteiger partial charge on any atom is -0.255 e. The molecule has 2 aromatic heterocycles. The number of hydrogen-bond acceptors (Lipinski definition) is 4. The third-order valence-corrected chi connectivity index (χ3v) is 5.33. The molecule has 0 unspecified atom stereocenters. The van der Waals surface area contributed by atoms with Crippen LogP contribution in [0.1, 0.15) is 11.4 Å². The van der Waals surface area contributed by atoms with Crippen LogP contribution in [0.25, 0.3) is 34.0 Å². The van der Waals surface area contributed by atoms with Gasteiger partial charge in [0.05, 0.1) is 5.69 Å². The quantitative estimate of drug-likeness (QED) is 0.316. The molecule has 5 heteroatoms. The van der Waals surface area contributed by atoms with Gasteiger partial charge in [-0.3, -0.25) is 4.98 Å². The summed E-state index contributed by atoms with van der Waals surface area (Å²) in [6.45, 7) is 0. The van der Waals surface area contributed by atoms with Crippen LogP contribution in [0, 0.1) is 0 Å². The fourth-order valence-electron chi connectivity index (χ4n) is 3.44. The highest BCUT2D eigenvalue weighted by Crippen LogP contribution is 2.24. The molecule has 4 nitrogen and oxygen atoms in total. The lowest BCUT2D eigenvalue weighted by atomic mass is 10.1. The third-order valence-electron chi connectivity index (χ3n) is 5.08. The van der Waals surface area contributed by atoms with Crippen LogP contribution < -0.4 is 0 Å². The molecule has 154 valence electrons. The van der Waals surface area contributed by atoms with Crippen molar-refractivity contribution in [3.63, 3.8) is 0 Å². The van der Waals surface area contributed by atoms with Crippen molar-refractivity contribution < 1.29 is 0 Å². The number of hydrogen-bond donors (Lipinski definition) is 0. The summed E-state index contributed by atoms with van der Waals surface area (Å²) < 4.78 is 0. The van der Waals surface area contributed by atoms with Crippen LogP contribution in [-0.4, -0.2) is 19.9 Å². The molecule has 0 amide bonds. The predicted octanol–water partition coefficient (Wildman–Crippen LogP) is 6.51. The summed E-state index contributed by atoms with van der Waals surface area (Å²) in [5.41, 5.74) is 4.83. The molecule has 5 aromatic rings. The van der Waals surface area contributed by atoms with E-state index in [0.717, 1.165) is 33.8 Å². The Morgan fingerprint density at radius 2 is 1.19 bits per heavy atom. The minimum atomic E-state index is 0.611. The summed E-state index contributed by atoms with van der Waals surface area (Å²) in [5, 5.41) is 0.704. The summed E-state index contributed by atoms with van der Waals surface area (Å²) >= 11 is 6.00. The summed E-state index contributed by atoms with van der Waals surface area (Å²) in [6, 6.07) is 31.8. The van der Waals surface area contributed by atoms with E-state index >= 15 is 0 Å². The standard InChI is InChI=1S/C27H19ClN4/c28-23-14-11-20(12-15-23)24-16-13-22(18-29-24)27-31-25(17-19-7-3-1-4-8-19)30-26(32-27)21-9-5-2-6-10-21/h1-16,18H,17H2. The van der Waals surface area contributed by atoms with Crippen molar-refractivity contribution in [2.45, 2.75) is 6.42 Å². The van der Waals surface area contributed by atoms with Gasteiger partial charge in [0.2, 0.25) is 0 Å². The van der Waals surface area contributed by atoms with Crippen LogP contribution in [0.5, 0.6) is 0 Å². The van der Waals surface area contributed by atoms with Crippen molar-refractivity contribution in [2.24, 2.45) is 0 Å². The normalized spacial score (nSPS) is 10.8. The summed E-state index contributed by atoms with van der Waals surface area (Å²) in [5.74, 6) is 1.99. The van der Waals surface area contributed by atoms with Gasteiger partial charge in [0.25, 0.3) is 0 Å². The number of halogens is 1. The van der Waals surface area contributed by atoms with E-state index < -0.39 is 0 Å². The Morgan fingerprint density at radius 1 is 0.562 bits per heavy atom. The number of nitrogens with zero attached hydrogens (tertiary/aromatic N) is 4. The van der Waals surface area contributed by atoms with Gasteiger partial charge in [0.15, 0.2) is 11.6 Å². The zero-order chi connectivity index (χ0) is 21.8. The second-order valence-electron chi connectivity index (χ2n) is 7.37. The maximum absolute atomic E-state index is 6.00. The molecule has 0 aliphatic rings. The summed E-state index contributed by atoms with van der Waals surface area (Å²) in [6.07, 6.45) is 2.44. The fourth-order valence-corrected chi connectivity index (χ4v) is 3.57. The van der Waals surface area contributed by atoms with Crippen LogP contribution in [0.4, 0.5) is 0 Å². The molecule has 0 spiro atoms. The van der Waals surface area contributed by atoms with Crippen LogP contribution in [0.15, 0.2) is 103 Å². The lowest BCUT2D eigenvalue weighted by molar-refractivity contribution is 0.932. The smallest absolute Gasteiger partial charge is 0.165 e. The van der Waals surface area contributed by atoms with Crippen molar-refractivity contribution in [1.29, 1.82) is 0 Å². The summed E-state index contributed by atoms with van der Waals surface area (Å²) in [7, 11) is 0. The molecular weight excluding hydrogens is 416 g/mol. The molecule has 0 aliphatic carbocycles. The first-order valence-electron chi connectivity index (χ1n) is 10.3. The van der Waals surface area contributed by atoms with Gasteiger partial charge in [0.1, 0.15) is 5.82 Å². The Labute approximate surface area is 191 Å². The first-order chi connectivity index (χ1) is 15.7. The molecular formula is C27H19ClN4. The Bertz CT molecular complexity index is 1320. The van der Waals surface area contributed by atoms with Gasteiger partial charge in [0, 0.05) is 34.3 Å². The number of aromatic nitrogens is 4. The fraction of sp³-hybridized carbons (Fsp3) is 0.0370. The average molecular weight is 435 g/mol. The van der Waals surface area contributed by atoms with Gasteiger partial charge in [-0.15, -0.1) is 0 Å². The number of rotatable bonds is 5. The van der Waals surface area contributed by atoms with Crippen LogP contribution in [0.2, 0.25) is 5.02 Å². The van der Waals surface area contributed by atoms with E-state index in [2.05, 4.69) is 17.1 Å². The zero-order valence-electron chi connectivity index (χ0n) is 17.2. The number of benzene rings is 3. The van der Waals surface area contributed by atoms with Crippen molar-refractivity contribution in [3.8, 4) is 34.0 Å². The predicted molar refractivity (Wildman–Crippen MR) is 128 cm³/mol. The Morgan fingerprint density at radius 3 is 1.84 bits per heavy atom. The lowest BCUT2D eigenvalue weighted by Gasteiger charge is -2.09. The maximum Gasteiger partial charge on any atom is 0.165 e. The molecule has 32 heavy (non-hydrogen) atoms. The largest absolute Gasteiger partial charge is 0.255 e. The van der Waals surface area contributed by atoms with Crippen LogP contribution in [-0.2, 0) is 6.42 Å². The zero-order valence-corrected chi connectivity index (χ0v) is 17.9. The van der Waals surface area contributed by atoms with Crippen LogP contribution in [0.3, 0.4) is 0 Å². The molecule has 0 saturated heterocycles. The first kappa shape index (κ1) is 20.0. The Hall–Kier alpha value is -3.89. The number of pyridine rings is 1. The molecule has 0 saturated carbocycles. The second-order valence-corrected chi connectivity index (χ2v) is 7.80. The first-order valence-corrected chi connectivity index (χ1v) is 10.7. The van der Waals surface area contributed by atoms with Gasteiger partial charge in [-0.2, -0.15) is 0 Å². The minimum absolute atomic E-state index is 0.611. The molecule has 0 aliphatic heterocycles. The van der Waals surface area contributed by atoms with E-state index in [4.69, 9.17) is 26.6 Å². The van der Waals surface area contributed by atoms with E-state index in [1.54, 1.807) is 6.20 Å². The molecule has 0 bridgehead atoms. The molecule has 0 radical (unpaired) electrons. The van der Waals surface area contributed by atoms with E-state index in [1.165, 1.54) is 0 Å². The lowest BCUT2D eigenvalue weighted by Crippen LogP contribution is -2.04. The maximum atomic E-state index is 6.00. The van der Waals surface area contributed by atoms with Crippen molar-refractivity contribution in [3.05, 3.63) is 120 Å². The van der Waals surface area contributed by atoms with Gasteiger partial charge >= 0.3 is 0 Å². The molecule has 5 rings (SSSR count). The Balaban J connectivity index is 1.53. The van der Waals surface area contributed by atoms with Crippen LogP contribution >= 0.6 is 11.6 Å². The van der Waals surface area contributed by atoms with Gasteiger partial charge in [-0.05, 0) is 29.8 Å². The highest BCUT2D eigenvalue weighted by atomic mass is 35.5. The second kappa shape index (κ2) is 9.08. The van der Waals surface area contributed by atoms with E-state index in [1.807, 2.05) is 84.9 Å². The average Bonchev–Trinajstić information content (AvgIpc) is 2.86. The van der Waals surface area contributed by atoms with Gasteiger partial charge < -0.3 is 0 Å². The SMILES string of the molecule is Clc1ccc(-c2ccc(-c3nc(Cc4ccccc4)nc(-c4ccccc4)n3)cn2)cc1. The molecule has 3 aromatic carbocycles. The molecule has 2 heterocycles. The van der Waals surface area contributed by atoms with E-state index in [9.17, 15) is 0 Å². The van der Waals surface area contributed by atoms with E-state index in [0.29, 0.717) is 23.1 Å². The van der Waals surface area contributed by atoms with Crippen molar-refractivity contribution in [2.75, 3.05) is 0 Å². The van der Waals surface area contributed by atoms with E-state index in [-0.39, 0.29) is 0 Å². The van der Waals surface area contributed by atoms with Crippen molar-refractivity contribution >= 4 is 11.6 Å². The third kappa shape index (κ3) is 4.56. The Kier molecular flexibility index (Phi) is 5.69. The monoisotopic (exact) mass is 434 g/mol. The molecule has 0 atom stereocenters. The highest BCUT2D eigenvalue weighted by Gasteiger charge is 2.12. The van der Waals surface area contributed by atoms with Gasteiger partial charge in [-0.1, -0.05) is 84.4 Å².